The molecule has 0 fully saturated rings. The smallest absolute Gasteiger partial charge is 0.243 e. The summed E-state index contributed by atoms with van der Waals surface area (Å²) in [6.45, 7) is 3.57. The molecule has 174 valence electrons. The standard InChI is InChI=1S/C28H34N2O3/c1-2-3-4-5-9-18-32-26-16-11-15-25(20-26)30-28(31)21-29-24-14-10-17-27(19-24)33-22-23-12-7-6-8-13-23/h6-8,10-17,19-20,29H,2-5,9,18,21-22H2,1H3,(H,30,31). The highest BCUT2D eigenvalue weighted by Gasteiger charge is 2.05. The third kappa shape index (κ3) is 9.27. The summed E-state index contributed by atoms with van der Waals surface area (Å²) in [5.41, 5.74) is 2.67. The second-order valence-corrected chi connectivity index (χ2v) is 7.99. The Morgan fingerprint density at radius 1 is 0.758 bits per heavy atom. The number of anilines is 2. The van der Waals surface area contributed by atoms with Crippen LogP contribution in [0.2, 0.25) is 0 Å². The van der Waals surface area contributed by atoms with E-state index >= 15 is 0 Å². The van der Waals surface area contributed by atoms with Gasteiger partial charge in [-0.2, -0.15) is 0 Å². The molecule has 3 aromatic rings. The summed E-state index contributed by atoms with van der Waals surface area (Å²) in [5, 5.41) is 6.07. The quantitative estimate of drug-likeness (QED) is 0.272. The van der Waals surface area contributed by atoms with Gasteiger partial charge >= 0.3 is 0 Å². The van der Waals surface area contributed by atoms with E-state index in [0.29, 0.717) is 13.2 Å². The number of hydrogen-bond acceptors (Lipinski definition) is 4. The zero-order chi connectivity index (χ0) is 23.1. The summed E-state index contributed by atoms with van der Waals surface area (Å²) >= 11 is 0. The van der Waals surface area contributed by atoms with Gasteiger partial charge in [-0.3, -0.25) is 4.79 Å². The van der Waals surface area contributed by atoms with Crippen LogP contribution in [-0.2, 0) is 11.4 Å². The Hall–Kier alpha value is -3.47. The van der Waals surface area contributed by atoms with Crippen molar-refractivity contribution >= 4 is 17.3 Å². The monoisotopic (exact) mass is 446 g/mol. The molecule has 3 aromatic carbocycles. The van der Waals surface area contributed by atoms with Crippen molar-refractivity contribution in [3.8, 4) is 11.5 Å². The zero-order valence-corrected chi connectivity index (χ0v) is 19.4. The molecule has 1 amide bonds. The summed E-state index contributed by atoms with van der Waals surface area (Å²) in [6.07, 6.45) is 6.01. The molecule has 0 unspecified atom stereocenters. The highest BCUT2D eigenvalue weighted by molar-refractivity contribution is 5.93. The molecule has 0 saturated heterocycles. The van der Waals surface area contributed by atoms with Crippen molar-refractivity contribution in [3.63, 3.8) is 0 Å². The summed E-state index contributed by atoms with van der Waals surface area (Å²) in [6, 6.07) is 25.2. The largest absolute Gasteiger partial charge is 0.494 e. The number of rotatable bonds is 14. The van der Waals surface area contributed by atoms with Crippen LogP contribution in [0.3, 0.4) is 0 Å². The number of carbonyl (C=O) groups excluding carboxylic acids is 1. The van der Waals surface area contributed by atoms with Crippen LogP contribution in [0.1, 0.15) is 44.6 Å². The van der Waals surface area contributed by atoms with E-state index in [1.165, 1.54) is 25.7 Å². The Kier molecular flexibility index (Phi) is 10.1. The Morgan fingerprint density at radius 2 is 1.45 bits per heavy atom. The van der Waals surface area contributed by atoms with Crippen molar-refractivity contribution < 1.29 is 14.3 Å². The SMILES string of the molecule is CCCCCCCOc1cccc(NC(=O)CNc2cccc(OCc3ccccc3)c2)c1. The minimum Gasteiger partial charge on any atom is -0.494 e. The number of benzene rings is 3. The molecule has 0 radical (unpaired) electrons. The van der Waals surface area contributed by atoms with Crippen LogP contribution in [0.15, 0.2) is 78.9 Å². The van der Waals surface area contributed by atoms with Gasteiger partial charge in [0.15, 0.2) is 0 Å². The molecule has 0 atom stereocenters. The van der Waals surface area contributed by atoms with Crippen LogP contribution < -0.4 is 20.1 Å². The topological polar surface area (TPSA) is 59.6 Å². The van der Waals surface area contributed by atoms with E-state index in [0.717, 1.165) is 34.9 Å². The van der Waals surface area contributed by atoms with Crippen molar-refractivity contribution in [3.05, 3.63) is 84.4 Å². The van der Waals surface area contributed by atoms with Crippen LogP contribution in [0.25, 0.3) is 0 Å². The van der Waals surface area contributed by atoms with E-state index in [9.17, 15) is 4.79 Å². The number of carbonyl (C=O) groups is 1. The third-order valence-corrected chi connectivity index (χ3v) is 5.17. The lowest BCUT2D eigenvalue weighted by atomic mass is 10.2. The van der Waals surface area contributed by atoms with Gasteiger partial charge in [0.25, 0.3) is 0 Å². The molecule has 5 nitrogen and oxygen atoms in total. The summed E-state index contributed by atoms with van der Waals surface area (Å²) in [5.74, 6) is 1.41. The van der Waals surface area contributed by atoms with Gasteiger partial charge in [-0.05, 0) is 36.2 Å². The number of nitrogens with one attached hydrogen (secondary N) is 2. The molecule has 5 heteroatoms. The maximum Gasteiger partial charge on any atom is 0.243 e. The second-order valence-electron chi connectivity index (χ2n) is 7.99. The van der Waals surface area contributed by atoms with Crippen molar-refractivity contribution in [2.45, 2.75) is 45.6 Å². The van der Waals surface area contributed by atoms with Crippen molar-refractivity contribution in [1.29, 1.82) is 0 Å². The zero-order valence-electron chi connectivity index (χ0n) is 19.4. The maximum atomic E-state index is 12.4. The van der Waals surface area contributed by atoms with Gasteiger partial charge in [0, 0.05) is 23.5 Å². The Morgan fingerprint density at radius 3 is 2.24 bits per heavy atom. The molecule has 0 heterocycles. The molecule has 0 spiro atoms. The van der Waals surface area contributed by atoms with Crippen molar-refractivity contribution in [2.24, 2.45) is 0 Å². The van der Waals surface area contributed by atoms with Gasteiger partial charge in [-0.1, -0.05) is 75.1 Å². The van der Waals surface area contributed by atoms with Crippen molar-refractivity contribution in [2.75, 3.05) is 23.8 Å². The summed E-state index contributed by atoms with van der Waals surface area (Å²) in [4.78, 5) is 12.4. The Bertz CT molecular complexity index is 976. The molecule has 0 bridgehead atoms. The fraction of sp³-hybridized carbons (Fsp3) is 0.321. The Balaban J connectivity index is 1.41. The van der Waals surface area contributed by atoms with E-state index in [-0.39, 0.29) is 12.5 Å². The van der Waals surface area contributed by atoms with Crippen LogP contribution in [0.5, 0.6) is 11.5 Å². The van der Waals surface area contributed by atoms with Crippen LogP contribution in [-0.4, -0.2) is 19.1 Å². The summed E-state index contributed by atoms with van der Waals surface area (Å²) in [7, 11) is 0. The molecule has 0 aliphatic carbocycles. The highest BCUT2D eigenvalue weighted by Crippen LogP contribution is 2.20. The second kappa shape index (κ2) is 13.8. The first-order chi connectivity index (χ1) is 16.2. The Labute approximate surface area is 197 Å². The van der Waals surface area contributed by atoms with Gasteiger partial charge in [-0.25, -0.2) is 0 Å². The van der Waals surface area contributed by atoms with E-state index in [1.807, 2.05) is 78.9 Å². The number of hydrogen-bond donors (Lipinski definition) is 2. The molecule has 0 aromatic heterocycles. The molecule has 2 N–H and O–H groups in total. The predicted octanol–water partition coefficient (Wildman–Crippen LogP) is 6.67. The molecular weight excluding hydrogens is 412 g/mol. The lowest BCUT2D eigenvalue weighted by Crippen LogP contribution is -2.21. The normalized spacial score (nSPS) is 10.5. The maximum absolute atomic E-state index is 12.4. The number of ether oxygens (including phenoxy) is 2. The van der Waals surface area contributed by atoms with Crippen LogP contribution in [0.4, 0.5) is 11.4 Å². The molecule has 3 rings (SSSR count). The first kappa shape index (κ1) is 24.2. The van der Waals surface area contributed by atoms with E-state index < -0.39 is 0 Å². The summed E-state index contributed by atoms with van der Waals surface area (Å²) < 4.78 is 11.7. The first-order valence-electron chi connectivity index (χ1n) is 11.8. The van der Waals surface area contributed by atoms with Gasteiger partial charge in [0.2, 0.25) is 5.91 Å². The number of amides is 1. The van der Waals surface area contributed by atoms with E-state index in [2.05, 4.69) is 17.6 Å². The van der Waals surface area contributed by atoms with Crippen molar-refractivity contribution in [1.82, 2.24) is 0 Å². The van der Waals surface area contributed by atoms with Crippen LogP contribution in [0, 0.1) is 0 Å². The lowest BCUT2D eigenvalue weighted by Gasteiger charge is -2.11. The third-order valence-electron chi connectivity index (χ3n) is 5.17. The van der Waals surface area contributed by atoms with E-state index in [1.54, 1.807) is 0 Å². The van der Waals surface area contributed by atoms with Gasteiger partial charge in [-0.15, -0.1) is 0 Å². The highest BCUT2D eigenvalue weighted by atomic mass is 16.5. The number of unbranched alkanes of at least 4 members (excludes halogenated alkanes) is 4. The molecule has 0 aliphatic heterocycles. The first-order valence-corrected chi connectivity index (χ1v) is 11.8. The average Bonchev–Trinajstić information content (AvgIpc) is 2.85. The molecule has 0 aliphatic rings. The predicted molar refractivity (Wildman–Crippen MR) is 135 cm³/mol. The molecule has 0 saturated carbocycles. The van der Waals surface area contributed by atoms with Gasteiger partial charge in [0.05, 0.1) is 13.2 Å². The average molecular weight is 447 g/mol. The lowest BCUT2D eigenvalue weighted by molar-refractivity contribution is -0.114. The van der Waals surface area contributed by atoms with Gasteiger partial charge in [0.1, 0.15) is 18.1 Å². The molecular formula is C28H34N2O3. The van der Waals surface area contributed by atoms with Gasteiger partial charge < -0.3 is 20.1 Å². The fourth-order valence-electron chi connectivity index (χ4n) is 3.38. The fourth-order valence-corrected chi connectivity index (χ4v) is 3.38. The minimum absolute atomic E-state index is 0.123. The van der Waals surface area contributed by atoms with E-state index in [4.69, 9.17) is 9.47 Å². The van der Waals surface area contributed by atoms with Crippen LogP contribution >= 0.6 is 0 Å². The minimum atomic E-state index is -0.123. The molecule has 33 heavy (non-hydrogen) atoms.